The number of aryl methyl sites for hydroxylation is 1. The molecule has 3 rings (SSSR count). The van der Waals surface area contributed by atoms with Crippen LogP contribution >= 0.6 is 11.6 Å². The van der Waals surface area contributed by atoms with E-state index in [4.69, 9.17) is 11.6 Å². The van der Waals surface area contributed by atoms with Crippen LogP contribution in [0.3, 0.4) is 0 Å². The summed E-state index contributed by atoms with van der Waals surface area (Å²) in [5.74, 6) is 0.215. The lowest BCUT2D eigenvalue weighted by atomic mass is 9.95. The molecule has 0 unspecified atom stereocenters. The minimum atomic E-state index is 0.0744. The van der Waals surface area contributed by atoms with E-state index in [9.17, 15) is 4.79 Å². The lowest BCUT2D eigenvalue weighted by Crippen LogP contribution is -2.38. The van der Waals surface area contributed by atoms with E-state index in [1.165, 1.54) is 5.56 Å². The van der Waals surface area contributed by atoms with Crippen molar-refractivity contribution in [1.29, 1.82) is 0 Å². The lowest BCUT2D eigenvalue weighted by Gasteiger charge is -2.33. The second-order valence-electron chi connectivity index (χ2n) is 6.24. The molecule has 4 heteroatoms. The number of anilines is 2. The van der Waals surface area contributed by atoms with Gasteiger partial charge in [-0.25, -0.2) is 0 Å². The highest BCUT2D eigenvalue weighted by molar-refractivity contribution is 6.30. The van der Waals surface area contributed by atoms with Crippen molar-refractivity contribution in [2.45, 2.75) is 26.2 Å². The Balaban J connectivity index is 1.59. The van der Waals surface area contributed by atoms with Crippen molar-refractivity contribution in [1.82, 2.24) is 0 Å². The highest BCUT2D eigenvalue weighted by Gasteiger charge is 2.25. The maximum Gasteiger partial charge on any atom is 0.227 e. The largest absolute Gasteiger partial charge is 0.371 e. The van der Waals surface area contributed by atoms with E-state index in [2.05, 4.69) is 29.3 Å². The lowest BCUT2D eigenvalue weighted by molar-refractivity contribution is -0.120. The Morgan fingerprint density at radius 2 is 1.92 bits per heavy atom. The minimum Gasteiger partial charge on any atom is -0.371 e. The number of para-hydroxylation sites is 1. The third-order valence-corrected chi connectivity index (χ3v) is 4.93. The number of carbonyl (C=O) groups is 1. The van der Waals surface area contributed by atoms with Crippen LogP contribution in [0.1, 0.15) is 25.3 Å². The molecule has 0 atom stereocenters. The first-order valence-electron chi connectivity index (χ1n) is 8.56. The van der Waals surface area contributed by atoms with E-state index in [-0.39, 0.29) is 11.8 Å². The van der Waals surface area contributed by atoms with Gasteiger partial charge >= 0.3 is 0 Å². The van der Waals surface area contributed by atoms with E-state index >= 15 is 0 Å². The molecule has 1 amide bonds. The van der Waals surface area contributed by atoms with Gasteiger partial charge in [0.2, 0.25) is 5.91 Å². The normalized spacial score (nSPS) is 15.3. The summed E-state index contributed by atoms with van der Waals surface area (Å²) in [7, 11) is 0. The quantitative estimate of drug-likeness (QED) is 0.869. The van der Waals surface area contributed by atoms with Gasteiger partial charge in [0.05, 0.1) is 0 Å². The van der Waals surface area contributed by atoms with Crippen molar-refractivity contribution in [3.63, 3.8) is 0 Å². The molecule has 0 spiro atoms. The first kappa shape index (κ1) is 16.8. The first-order chi connectivity index (χ1) is 11.7. The fourth-order valence-electron chi connectivity index (χ4n) is 3.26. The molecule has 0 saturated carbocycles. The van der Waals surface area contributed by atoms with Crippen molar-refractivity contribution in [2.24, 2.45) is 5.92 Å². The molecule has 0 radical (unpaired) electrons. The number of hydrogen-bond acceptors (Lipinski definition) is 2. The fraction of sp³-hybridized carbons (Fsp3) is 0.350. The zero-order valence-corrected chi connectivity index (χ0v) is 14.7. The van der Waals surface area contributed by atoms with Crippen molar-refractivity contribution in [3.8, 4) is 0 Å². The Labute approximate surface area is 148 Å². The van der Waals surface area contributed by atoms with Crippen LogP contribution in [-0.4, -0.2) is 19.0 Å². The molecule has 2 aromatic carbocycles. The van der Waals surface area contributed by atoms with Crippen LogP contribution in [0.5, 0.6) is 0 Å². The molecule has 1 N–H and O–H groups in total. The van der Waals surface area contributed by atoms with Gasteiger partial charge in [0.15, 0.2) is 0 Å². The van der Waals surface area contributed by atoms with Crippen LogP contribution in [0.25, 0.3) is 0 Å². The Morgan fingerprint density at radius 1 is 1.17 bits per heavy atom. The maximum absolute atomic E-state index is 12.6. The van der Waals surface area contributed by atoms with Crippen LogP contribution in [0.4, 0.5) is 11.4 Å². The van der Waals surface area contributed by atoms with Crippen molar-refractivity contribution < 1.29 is 4.79 Å². The second kappa shape index (κ2) is 7.71. The Bertz CT molecular complexity index is 708. The number of nitrogens with one attached hydrogen (secondary N) is 1. The molecule has 1 aliphatic heterocycles. The molecular formula is C20H23ClN2O. The standard InChI is InChI=1S/C20H23ClN2O/c1-2-15-6-3-4-9-19(15)22-20(24)16-10-12-23(13-11-16)18-8-5-7-17(21)14-18/h3-9,14,16H,2,10-13H2,1H3,(H,22,24). The average molecular weight is 343 g/mol. The highest BCUT2D eigenvalue weighted by atomic mass is 35.5. The van der Waals surface area contributed by atoms with Crippen molar-refractivity contribution in [2.75, 3.05) is 23.3 Å². The summed E-state index contributed by atoms with van der Waals surface area (Å²) >= 11 is 6.07. The Morgan fingerprint density at radius 3 is 2.62 bits per heavy atom. The summed E-state index contributed by atoms with van der Waals surface area (Å²) in [6.07, 6.45) is 2.66. The predicted molar refractivity (Wildman–Crippen MR) is 101 cm³/mol. The number of benzene rings is 2. The van der Waals surface area contributed by atoms with Crippen LogP contribution in [0.15, 0.2) is 48.5 Å². The molecule has 1 fully saturated rings. The van der Waals surface area contributed by atoms with Gasteiger partial charge < -0.3 is 10.2 Å². The first-order valence-corrected chi connectivity index (χ1v) is 8.94. The molecule has 0 aliphatic carbocycles. The maximum atomic E-state index is 12.6. The summed E-state index contributed by atoms with van der Waals surface area (Å²) in [6.45, 7) is 3.87. The monoisotopic (exact) mass is 342 g/mol. The van der Waals surface area contributed by atoms with Gasteiger partial charge in [-0.1, -0.05) is 42.8 Å². The number of amides is 1. The average Bonchev–Trinajstić information content (AvgIpc) is 2.62. The van der Waals surface area contributed by atoms with E-state index in [1.807, 2.05) is 36.4 Å². The van der Waals surface area contributed by atoms with Gasteiger partial charge in [-0.3, -0.25) is 4.79 Å². The van der Waals surface area contributed by atoms with E-state index in [0.29, 0.717) is 0 Å². The second-order valence-corrected chi connectivity index (χ2v) is 6.68. The molecule has 1 heterocycles. The highest BCUT2D eigenvalue weighted by Crippen LogP contribution is 2.26. The molecule has 24 heavy (non-hydrogen) atoms. The molecule has 0 aromatic heterocycles. The predicted octanol–water partition coefficient (Wildman–Crippen LogP) is 4.76. The number of halogens is 1. The number of rotatable bonds is 4. The van der Waals surface area contributed by atoms with E-state index in [1.54, 1.807) is 0 Å². The summed E-state index contributed by atoms with van der Waals surface area (Å²) in [5.41, 5.74) is 3.27. The number of hydrogen-bond donors (Lipinski definition) is 1. The van der Waals surface area contributed by atoms with Gasteiger partial charge in [-0.2, -0.15) is 0 Å². The summed E-state index contributed by atoms with van der Waals surface area (Å²) in [6, 6.07) is 15.9. The summed E-state index contributed by atoms with van der Waals surface area (Å²) in [5, 5.41) is 3.87. The number of piperidine rings is 1. The molecule has 3 nitrogen and oxygen atoms in total. The van der Waals surface area contributed by atoms with E-state index in [0.717, 1.165) is 48.7 Å². The van der Waals surface area contributed by atoms with Crippen LogP contribution < -0.4 is 10.2 Å². The van der Waals surface area contributed by atoms with Gasteiger partial charge in [-0.05, 0) is 49.1 Å². The van der Waals surface area contributed by atoms with Crippen molar-refractivity contribution in [3.05, 3.63) is 59.1 Å². The minimum absolute atomic E-state index is 0.0744. The summed E-state index contributed by atoms with van der Waals surface area (Å²) < 4.78 is 0. The third kappa shape index (κ3) is 3.90. The molecular weight excluding hydrogens is 320 g/mol. The molecule has 1 aliphatic rings. The van der Waals surface area contributed by atoms with Crippen molar-refractivity contribution >= 4 is 28.9 Å². The Kier molecular flexibility index (Phi) is 5.41. The smallest absolute Gasteiger partial charge is 0.227 e. The molecule has 0 bridgehead atoms. The van der Waals surface area contributed by atoms with Crippen LogP contribution in [0, 0.1) is 5.92 Å². The third-order valence-electron chi connectivity index (χ3n) is 4.70. The van der Waals surface area contributed by atoms with Gasteiger partial charge in [0.1, 0.15) is 0 Å². The van der Waals surface area contributed by atoms with Gasteiger partial charge in [-0.15, -0.1) is 0 Å². The fourth-order valence-corrected chi connectivity index (χ4v) is 3.44. The molecule has 2 aromatic rings. The number of carbonyl (C=O) groups excluding carboxylic acids is 1. The SMILES string of the molecule is CCc1ccccc1NC(=O)C1CCN(c2cccc(Cl)c2)CC1. The van der Waals surface area contributed by atoms with Crippen LogP contribution in [-0.2, 0) is 11.2 Å². The zero-order valence-electron chi connectivity index (χ0n) is 14.0. The van der Waals surface area contributed by atoms with E-state index < -0.39 is 0 Å². The zero-order chi connectivity index (χ0) is 16.9. The Hall–Kier alpha value is -2.00. The summed E-state index contributed by atoms with van der Waals surface area (Å²) in [4.78, 5) is 14.9. The number of nitrogens with zero attached hydrogens (tertiary/aromatic N) is 1. The molecule has 1 saturated heterocycles. The van der Waals surface area contributed by atoms with Gasteiger partial charge in [0, 0.05) is 35.4 Å². The topological polar surface area (TPSA) is 32.3 Å². The van der Waals surface area contributed by atoms with Gasteiger partial charge in [0.25, 0.3) is 0 Å². The molecule has 126 valence electrons. The van der Waals surface area contributed by atoms with Crippen LogP contribution in [0.2, 0.25) is 5.02 Å².